The summed E-state index contributed by atoms with van der Waals surface area (Å²) in [5, 5.41) is 0.0641. The van der Waals surface area contributed by atoms with Crippen molar-refractivity contribution in [3.8, 4) is 0 Å². The highest BCUT2D eigenvalue weighted by molar-refractivity contribution is 7.93. The van der Waals surface area contributed by atoms with E-state index in [1.165, 1.54) is 25.3 Å². The van der Waals surface area contributed by atoms with Crippen molar-refractivity contribution in [1.29, 1.82) is 0 Å². The lowest BCUT2D eigenvalue weighted by Gasteiger charge is -2.14. The summed E-state index contributed by atoms with van der Waals surface area (Å²) in [6.45, 7) is 3.26. The Labute approximate surface area is 138 Å². The maximum atomic E-state index is 13.0. The van der Waals surface area contributed by atoms with E-state index in [0.29, 0.717) is 5.56 Å². The molecular formula is C15H17NO5S2. The average molecular weight is 355 g/mol. The van der Waals surface area contributed by atoms with Crippen LogP contribution in [0.4, 0.5) is 0 Å². The third-order valence-electron chi connectivity index (χ3n) is 3.27. The molecule has 1 aromatic carbocycles. The van der Waals surface area contributed by atoms with Gasteiger partial charge in [0.15, 0.2) is 0 Å². The van der Waals surface area contributed by atoms with Gasteiger partial charge in [-0.2, -0.15) is 3.97 Å². The first-order valence-corrected chi connectivity index (χ1v) is 9.60. The first kappa shape index (κ1) is 17.6. The highest BCUT2D eigenvalue weighted by Crippen LogP contribution is 2.27. The molecule has 0 saturated heterocycles. The fourth-order valence-corrected chi connectivity index (χ4v) is 5.05. The van der Waals surface area contributed by atoms with Gasteiger partial charge in [-0.3, -0.25) is 0 Å². The predicted octanol–water partition coefficient (Wildman–Crippen LogP) is 1.95. The van der Waals surface area contributed by atoms with Crippen molar-refractivity contribution in [2.45, 2.75) is 23.8 Å². The van der Waals surface area contributed by atoms with Gasteiger partial charge in [0.2, 0.25) is 5.03 Å². The number of esters is 1. The van der Waals surface area contributed by atoms with Gasteiger partial charge >= 0.3 is 5.97 Å². The number of methoxy groups -OCH3 is 1. The van der Waals surface area contributed by atoms with Gasteiger partial charge in [-0.1, -0.05) is 18.2 Å². The van der Waals surface area contributed by atoms with Crippen LogP contribution in [0.1, 0.15) is 23.0 Å². The molecular weight excluding hydrogens is 338 g/mol. The molecule has 0 bridgehead atoms. The van der Waals surface area contributed by atoms with Crippen LogP contribution >= 0.6 is 0 Å². The Morgan fingerprint density at radius 3 is 2.43 bits per heavy atom. The Morgan fingerprint density at radius 2 is 1.91 bits per heavy atom. The molecule has 0 spiro atoms. The molecule has 124 valence electrons. The number of hydrogen-bond donors (Lipinski definition) is 0. The molecule has 0 amide bonds. The molecule has 0 N–H and O–H groups in total. The fourth-order valence-electron chi connectivity index (χ4n) is 2.17. The smallest absolute Gasteiger partial charge is 0.356 e. The Balaban J connectivity index is 2.80. The van der Waals surface area contributed by atoms with Crippen molar-refractivity contribution in [1.82, 2.24) is 3.97 Å². The minimum atomic E-state index is -4.07. The van der Waals surface area contributed by atoms with Crippen LogP contribution in [-0.4, -0.2) is 35.8 Å². The van der Waals surface area contributed by atoms with Gasteiger partial charge in [0.25, 0.3) is 10.0 Å². The van der Waals surface area contributed by atoms with Crippen LogP contribution in [0.15, 0.2) is 46.3 Å². The summed E-state index contributed by atoms with van der Waals surface area (Å²) in [5.74, 6) is -0.560. The Bertz CT molecular complexity index is 812. The second-order valence-corrected chi connectivity index (χ2v) is 8.20. The summed E-state index contributed by atoms with van der Waals surface area (Å²) < 4.78 is 43.7. The molecule has 0 aliphatic rings. The summed E-state index contributed by atoms with van der Waals surface area (Å²) >= 11 is -1.55. The standard InChI is InChI=1S/C15H17NO5S2/c1-4-22(18)13-10-11(2)14(15(17)21-3)16(13)23(19,20)12-8-6-5-7-9-12/h5-10H,4H2,1-3H3. The van der Waals surface area contributed by atoms with Crippen LogP contribution in [-0.2, 0) is 25.9 Å². The fraction of sp³-hybridized carbons (Fsp3) is 0.267. The summed E-state index contributed by atoms with van der Waals surface area (Å²) in [6.07, 6.45) is 0. The van der Waals surface area contributed by atoms with Crippen LogP contribution in [0, 0.1) is 6.92 Å². The molecule has 6 nitrogen and oxygen atoms in total. The largest absolute Gasteiger partial charge is 0.610 e. The van der Waals surface area contributed by atoms with E-state index in [9.17, 15) is 17.8 Å². The van der Waals surface area contributed by atoms with Crippen LogP contribution in [0.2, 0.25) is 0 Å². The van der Waals surface area contributed by atoms with E-state index in [4.69, 9.17) is 4.74 Å². The van der Waals surface area contributed by atoms with E-state index >= 15 is 0 Å². The zero-order valence-electron chi connectivity index (χ0n) is 13.0. The second-order valence-electron chi connectivity index (χ2n) is 4.72. The number of aryl methyl sites for hydroxylation is 1. The first-order chi connectivity index (χ1) is 10.8. The van der Waals surface area contributed by atoms with Crippen LogP contribution in [0.3, 0.4) is 0 Å². The van der Waals surface area contributed by atoms with Crippen LogP contribution in [0.25, 0.3) is 0 Å². The third-order valence-corrected chi connectivity index (χ3v) is 6.41. The molecule has 2 aromatic rings. The van der Waals surface area contributed by atoms with Gasteiger partial charge < -0.3 is 9.29 Å². The van der Waals surface area contributed by atoms with Crippen molar-refractivity contribution in [2.24, 2.45) is 0 Å². The molecule has 0 radical (unpaired) electrons. The average Bonchev–Trinajstić information content (AvgIpc) is 2.92. The maximum absolute atomic E-state index is 13.0. The maximum Gasteiger partial charge on any atom is 0.356 e. The topological polar surface area (TPSA) is 88.4 Å². The van der Waals surface area contributed by atoms with Crippen molar-refractivity contribution < 1.29 is 22.5 Å². The molecule has 8 heteroatoms. The summed E-state index contributed by atoms with van der Waals surface area (Å²) in [5.41, 5.74) is 0.265. The lowest BCUT2D eigenvalue weighted by molar-refractivity contribution is 0.0591. The number of aromatic nitrogens is 1. The number of ether oxygens (including phenoxy) is 1. The van der Waals surface area contributed by atoms with E-state index in [0.717, 1.165) is 3.97 Å². The molecule has 0 fully saturated rings. The molecule has 2 rings (SSSR count). The molecule has 0 aliphatic heterocycles. The van der Waals surface area contributed by atoms with Crippen LogP contribution < -0.4 is 0 Å². The van der Waals surface area contributed by atoms with Gasteiger partial charge in [0, 0.05) is 17.2 Å². The first-order valence-electron chi connectivity index (χ1n) is 6.84. The third kappa shape index (κ3) is 3.15. The summed E-state index contributed by atoms with van der Waals surface area (Å²) in [4.78, 5) is 12.1. The van der Waals surface area contributed by atoms with Gasteiger partial charge in [0.05, 0.1) is 12.0 Å². The van der Waals surface area contributed by atoms with Crippen molar-refractivity contribution in [3.05, 3.63) is 47.7 Å². The van der Waals surface area contributed by atoms with E-state index < -0.39 is 27.2 Å². The molecule has 1 aromatic heterocycles. The van der Waals surface area contributed by atoms with Gasteiger partial charge in [-0.25, -0.2) is 13.2 Å². The molecule has 0 saturated carbocycles. The van der Waals surface area contributed by atoms with Gasteiger partial charge in [-0.05, 0) is 31.5 Å². The lowest BCUT2D eigenvalue weighted by Crippen LogP contribution is -2.24. The Kier molecular flexibility index (Phi) is 5.18. The number of carbonyl (C=O) groups is 1. The lowest BCUT2D eigenvalue weighted by atomic mass is 10.3. The number of hydrogen-bond acceptors (Lipinski definition) is 5. The molecule has 0 aliphatic carbocycles. The van der Waals surface area contributed by atoms with Crippen LogP contribution in [0.5, 0.6) is 0 Å². The molecule has 1 heterocycles. The second kappa shape index (κ2) is 6.77. The molecule has 1 unspecified atom stereocenters. The highest BCUT2D eigenvalue weighted by Gasteiger charge is 2.33. The van der Waals surface area contributed by atoms with Gasteiger partial charge in [0.1, 0.15) is 11.4 Å². The zero-order valence-corrected chi connectivity index (χ0v) is 14.6. The normalized spacial score (nSPS) is 12.9. The van der Waals surface area contributed by atoms with E-state index in [1.54, 1.807) is 32.0 Å². The number of nitrogens with zero attached hydrogens (tertiary/aromatic N) is 1. The number of carbonyl (C=O) groups excluding carboxylic acids is 1. The Morgan fingerprint density at radius 1 is 1.30 bits per heavy atom. The number of benzene rings is 1. The monoisotopic (exact) mass is 355 g/mol. The van der Waals surface area contributed by atoms with Crippen molar-refractivity contribution in [2.75, 3.05) is 12.9 Å². The quantitative estimate of drug-likeness (QED) is 0.604. The SMILES string of the molecule is CC[S+]([O-])c1cc(C)c(C(=O)OC)n1S(=O)(=O)c1ccccc1. The van der Waals surface area contributed by atoms with E-state index in [1.807, 2.05) is 0 Å². The van der Waals surface area contributed by atoms with E-state index in [2.05, 4.69) is 0 Å². The zero-order chi connectivity index (χ0) is 17.2. The minimum absolute atomic E-state index is 0.00936. The van der Waals surface area contributed by atoms with Gasteiger partial charge in [-0.15, -0.1) is 0 Å². The Hall–Kier alpha value is -1.77. The molecule has 23 heavy (non-hydrogen) atoms. The predicted molar refractivity (Wildman–Crippen MR) is 86.5 cm³/mol. The van der Waals surface area contributed by atoms with Crippen molar-refractivity contribution in [3.63, 3.8) is 0 Å². The molecule has 1 atom stereocenters. The minimum Gasteiger partial charge on any atom is -0.610 e. The van der Waals surface area contributed by atoms with Crippen molar-refractivity contribution >= 4 is 27.2 Å². The van der Waals surface area contributed by atoms with E-state index in [-0.39, 0.29) is 21.4 Å². The summed E-state index contributed by atoms with van der Waals surface area (Å²) in [7, 11) is -2.90. The highest BCUT2D eigenvalue weighted by atomic mass is 32.2. The number of rotatable bonds is 5. The summed E-state index contributed by atoms with van der Waals surface area (Å²) in [6, 6.07) is 9.14.